The molecular formula is C44H80O2. The summed E-state index contributed by atoms with van der Waals surface area (Å²) >= 11 is 0. The number of carbonyl (C=O) groups is 1. The third kappa shape index (κ3) is 27.8. The molecule has 1 saturated heterocycles. The van der Waals surface area contributed by atoms with Gasteiger partial charge in [0.1, 0.15) is 11.7 Å². The van der Waals surface area contributed by atoms with Gasteiger partial charge in [0.2, 0.25) is 0 Å². The minimum atomic E-state index is 0.0156. The number of ether oxygens (including phenoxy) is 1. The minimum Gasteiger partial charge on any atom is -0.430 e. The van der Waals surface area contributed by atoms with E-state index in [9.17, 15) is 4.79 Å². The van der Waals surface area contributed by atoms with Crippen LogP contribution >= 0.6 is 0 Å². The molecule has 2 nitrogen and oxygen atoms in total. The molecule has 0 amide bonds. The fourth-order valence-electron chi connectivity index (χ4n) is 6.70. The molecule has 0 bridgehead atoms. The van der Waals surface area contributed by atoms with Crippen molar-refractivity contribution in [3.8, 4) is 0 Å². The van der Waals surface area contributed by atoms with Gasteiger partial charge < -0.3 is 4.74 Å². The van der Waals surface area contributed by atoms with Gasteiger partial charge in [0, 0.05) is 0 Å². The van der Waals surface area contributed by atoms with Crippen molar-refractivity contribution in [3.05, 3.63) is 36.1 Å². The number of rotatable bonds is 36. The maximum Gasteiger partial charge on any atom is 0.321 e. The number of unbranched alkanes of at least 4 members (excludes halogenated alkanes) is 29. The van der Waals surface area contributed by atoms with Crippen molar-refractivity contribution in [2.45, 2.75) is 232 Å². The first kappa shape index (κ1) is 42.7. The number of esters is 1. The lowest BCUT2D eigenvalue weighted by Crippen LogP contribution is -2.32. The molecule has 1 fully saturated rings. The van der Waals surface area contributed by atoms with Gasteiger partial charge in [-0.15, -0.1) is 0 Å². The Balaban J connectivity index is 1.83. The first-order valence-electron chi connectivity index (χ1n) is 21.0. The topological polar surface area (TPSA) is 26.3 Å². The lowest BCUT2D eigenvalue weighted by atomic mass is 9.93. The molecule has 268 valence electrons. The first-order chi connectivity index (χ1) is 22.8. The smallest absolute Gasteiger partial charge is 0.321 e. The van der Waals surface area contributed by atoms with E-state index in [-0.39, 0.29) is 11.9 Å². The van der Waals surface area contributed by atoms with Crippen LogP contribution in [0.3, 0.4) is 0 Å². The predicted octanol–water partition coefficient (Wildman–Crippen LogP) is 15.5. The van der Waals surface area contributed by atoms with E-state index >= 15 is 0 Å². The van der Waals surface area contributed by atoms with Gasteiger partial charge in [-0.2, -0.15) is 0 Å². The molecule has 2 heteroatoms. The molecule has 0 spiro atoms. The summed E-state index contributed by atoms with van der Waals surface area (Å²) in [6.45, 7) is 4.57. The van der Waals surface area contributed by atoms with Gasteiger partial charge in [0.25, 0.3) is 0 Å². The van der Waals surface area contributed by atoms with E-state index in [1.165, 1.54) is 199 Å². The van der Waals surface area contributed by atoms with Crippen molar-refractivity contribution in [1.82, 2.24) is 0 Å². The Kier molecular flexibility index (Phi) is 32.5. The third-order valence-electron chi connectivity index (χ3n) is 9.91. The van der Waals surface area contributed by atoms with Crippen molar-refractivity contribution >= 4 is 5.97 Å². The summed E-state index contributed by atoms with van der Waals surface area (Å²) in [5.74, 6) is 1.07. The lowest BCUT2D eigenvalue weighted by molar-refractivity contribution is -0.157. The highest BCUT2D eigenvalue weighted by Crippen LogP contribution is 2.32. The van der Waals surface area contributed by atoms with E-state index in [2.05, 4.69) is 44.2 Å². The second-order valence-corrected chi connectivity index (χ2v) is 14.4. The molecule has 1 rings (SSSR count). The normalized spacial score (nSPS) is 15.8. The van der Waals surface area contributed by atoms with E-state index in [1.807, 2.05) is 0 Å². The molecule has 0 radical (unpaired) electrons. The van der Waals surface area contributed by atoms with Crippen LogP contribution in [0.4, 0.5) is 0 Å². The van der Waals surface area contributed by atoms with E-state index in [1.54, 1.807) is 0 Å². The predicted molar refractivity (Wildman–Crippen MR) is 204 cm³/mol. The average molecular weight is 641 g/mol. The van der Waals surface area contributed by atoms with Crippen LogP contribution in [0, 0.1) is 5.92 Å². The van der Waals surface area contributed by atoms with Crippen LogP contribution in [0.25, 0.3) is 0 Å². The molecule has 1 aliphatic heterocycles. The van der Waals surface area contributed by atoms with Crippen molar-refractivity contribution < 1.29 is 9.53 Å². The summed E-state index contributed by atoms with van der Waals surface area (Å²) in [6, 6.07) is 0. The van der Waals surface area contributed by atoms with Crippen molar-refractivity contribution in [1.29, 1.82) is 0 Å². The Morgan fingerprint density at radius 3 is 1.07 bits per heavy atom. The van der Waals surface area contributed by atoms with Gasteiger partial charge in [0.05, 0.1) is 0 Å². The molecule has 1 heterocycles. The number of cyclic esters (lactones) is 1. The first-order valence-corrected chi connectivity index (χ1v) is 21.0. The van der Waals surface area contributed by atoms with Gasteiger partial charge in [0.15, 0.2) is 0 Å². The zero-order valence-corrected chi connectivity index (χ0v) is 31.3. The van der Waals surface area contributed by atoms with Gasteiger partial charge in [-0.1, -0.05) is 186 Å². The Morgan fingerprint density at radius 1 is 0.413 bits per heavy atom. The van der Waals surface area contributed by atoms with Gasteiger partial charge in [-0.05, 0) is 76.7 Å². The van der Waals surface area contributed by atoms with Gasteiger partial charge in [-0.3, -0.25) is 4.79 Å². The highest BCUT2D eigenvalue weighted by Gasteiger charge is 2.36. The van der Waals surface area contributed by atoms with Crippen LogP contribution in [0.15, 0.2) is 36.1 Å². The summed E-state index contributed by atoms with van der Waals surface area (Å²) in [6.07, 6.45) is 57.2. The quantitative estimate of drug-likeness (QED) is 0.0387. The molecule has 0 aromatic heterocycles. The number of hydrogen-bond acceptors (Lipinski definition) is 2. The molecule has 46 heavy (non-hydrogen) atoms. The molecule has 0 aromatic carbocycles. The SMILES string of the molecule is CCCCCCC/C=C/CCCCCCCCCCC/C=C1/OC(=O)C1CCCCCCCCCCC/C=C/CCCCCCC. The second kappa shape index (κ2) is 35.0. The molecular weight excluding hydrogens is 560 g/mol. The maximum atomic E-state index is 12.0. The largest absolute Gasteiger partial charge is 0.430 e. The Labute approximate surface area is 289 Å². The summed E-state index contributed by atoms with van der Waals surface area (Å²) in [4.78, 5) is 12.0. The third-order valence-corrected chi connectivity index (χ3v) is 9.91. The van der Waals surface area contributed by atoms with Crippen LogP contribution < -0.4 is 0 Å². The van der Waals surface area contributed by atoms with Crippen LogP contribution in [-0.4, -0.2) is 5.97 Å². The summed E-state index contributed by atoms with van der Waals surface area (Å²) < 4.78 is 5.39. The molecule has 0 saturated carbocycles. The Bertz CT molecular complexity index is 732. The van der Waals surface area contributed by atoms with Crippen molar-refractivity contribution in [2.75, 3.05) is 0 Å². The lowest BCUT2D eigenvalue weighted by Gasteiger charge is -2.28. The monoisotopic (exact) mass is 641 g/mol. The maximum absolute atomic E-state index is 12.0. The summed E-state index contributed by atoms with van der Waals surface area (Å²) in [7, 11) is 0. The molecule has 0 aromatic rings. The molecule has 0 N–H and O–H groups in total. The van der Waals surface area contributed by atoms with E-state index < -0.39 is 0 Å². The molecule has 0 aliphatic carbocycles. The molecule has 1 aliphatic rings. The number of hydrogen-bond donors (Lipinski definition) is 0. The van der Waals surface area contributed by atoms with E-state index in [4.69, 9.17) is 4.74 Å². The number of carbonyl (C=O) groups excluding carboxylic acids is 1. The van der Waals surface area contributed by atoms with Crippen molar-refractivity contribution in [3.63, 3.8) is 0 Å². The van der Waals surface area contributed by atoms with Crippen LogP contribution in [0.2, 0.25) is 0 Å². The van der Waals surface area contributed by atoms with Crippen LogP contribution in [0.5, 0.6) is 0 Å². The molecule has 1 unspecified atom stereocenters. The van der Waals surface area contributed by atoms with E-state index in [0.717, 1.165) is 25.0 Å². The summed E-state index contributed by atoms with van der Waals surface area (Å²) in [5, 5.41) is 0. The van der Waals surface area contributed by atoms with E-state index in [0.29, 0.717) is 0 Å². The Hall–Kier alpha value is -1.31. The van der Waals surface area contributed by atoms with Crippen LogP contribution in [-0.2, 0) is 9.53 Å². The second-order valence-electron chi connectivity index (χ2n) is 14.4. The number of allylic oxidation sites excluding steroid dienone is 5. The average Bonchev–Trinajstić information content (AvgIpc) is 3.06. The van der Waals surface area contributed by atoms with Crippen molar-refractivity contribution in [2.24, 2.45) is 5.92 Å². The van der Waals surface area contributed by atoms with Gasteiger partial charge in [-0.25, -0.2) is 0 Å². The highest BCUT2D eigenvalue weighted by molar-refractivity contribution is 5.82. The fourth-order valence-corrected chi connectivity index (χ4v) is 6.70. The standard InChI is InChI=1S/C44H80O2/c1-3-5-7-9-11-13-15-17-19-21-23-25-27-29-31-33-35-37-39-41-43-42(44(45)46-43)40-38-36-34-32-30-28-26-24-22-20-18-16-14-12-10-8-6-4-2/h15-18,41-42H,3-14,19-40H2,1-2H3/b17-15+,18-16+,43-41+. The minimum absolute atomic E-state index is 0.0156. The fraction of sp³-hybridized carbons (Fsp3) is 0.841. The molecule has 1 atom stereocenters. The van der Waals surface area contributed by atoms with Gasteiger partial charge >= 0.3 is 5.97 Å². The Morgan fingerprint density at radius 2 is 0.717 bits per heavy atom. The zero-order valence-electron chi connectivity index (χ0n) is 31.3. The highest BCUT2D eigenvalue weighted by atomic mass is 16.6. The summed E-state index contributed by atoms with van der Waals surface area (Å²) in [5.41, 5.74) is 0. The zero-order chi connectivity index (χ0) is 33.0. The van der Waals surface area contributed by atoms with Crippen LogP contribution in [0.1, 0.15) is 232 Å².